The van der Waals surface area contributed by atoms with Gasteiger partial charge in [-0.1, -0.05) is 83.9 Å². The lowest BCUT2D eigenvalue weighted by atomic mass is 9.91. The molecule has 0 aliphatic carbocycles. The van der Waals surface area contributed by atoms with E-state index < -0.39 is 5.92 Å². The van der Waals surface area contributed by atoms with Gasteiger partial charge in [0.2, 0.25) is 11.8 Å². The van der Waals surface area contributed by atoms with Gasteiger partial charge in [0.1, 0.15) is 5.75 Å². The van der Waals surface area contributed by atoms with E-state index in [0.717, 1.165) is 11.1 Å². The summed E-state index contributed by atoms with van der Waals surface area (Å²) in [6.45, 7) is 0.305. The van der Waals surface area contributed by atoms with Gasteiger partial charge in [0.05, 0.1) is 17.5 Å². The van der Waals surface area contributed by atoms with Crippen LogP contribution in [0.1, 0.15) is 29.9 Å². The fraction of sp³-hybridized carbons (Fsp3) is 0.167. The van der Waals surface area contributed by atoms with Crippen molar-refractivity contribution in [2.24, 2.45) is 0 Å². The average Bonchev–Trinajstić information content (AvgIpc) is 2.78. The number of amides is 2. The third-order valence-corrected chi connectivity index (χ3v) is 5.08. The maximum Gasteiger partial charge on any atom is 0.250 e. The van der Waals surface area contributed by atoms with Crippen LogP contribution in [-0.2, 0) is 9.59 Å². The zero-order valence-corrected chi connectivity index (χ0v) is 18.2. The van der Waals surface area contributed by atoms with Crippen molar-refractivity contribution in [2.45, 2.75) is 18.8 Å². The highest BCUT2D eigenvalue weighted by atomic mass is 35.5. The van der Waals surface area contributed by atoms with E-state index in [-0.39, 0.29) is 18.2 Å². The van der Waals surface area contributed by atoms with Crippen LogP contribution in [0.15, 0.2) is 78.9 Å². The van der Waals surface area contributed by atoms with Crippen molar-refractivity contribution in [2.75, 3.05) is 6.61 Å². The maximum atomic E-state index is 12.9. The molecule has 0 aliphatic rings. The topological polar surface area (TPSA) is 67.4 Å². The molecule has 0 saturated heterocycles. The van der Waals surface area contributed by atoms with Gasteiger partial charge < -0.3 is 4.74 Å². The summed E-state index contributed by atoms with van der Waals surface area (Å²) in [7, 11) is 0. The van der Waals surface area contributed by atoms with Gasteiger partial charge in [-0.3, -0.25) is 20.4 Å². The third kappa shape index (κ3) is 6.74. The summed E-state index contributed by atoms with van der Waals surface area (Å²) in [6.07, 6.45) is 0.647. The molecule has 0 saturated carbocycles. The molecule has 31 heavy (non-hydrogen) atoms. The minimum absolute atomic E-state index is 0.187. The van der Waals surface area contributed by atoms with Crippen LogP contribution in [0.4, 0.5) is 0 Å². The predicted molar refractivity (Wildman–Crippen MR) is 122 cm³/mol. The number of benzene rings is 3. The van der Waals surface area contributed by atoms with Crippen LogP contribution in [0.3, 0.4) is 0 Å². The molecular weight excluding hydrogens is 435 g/mol. The van der Waals surface area contributed by atoms with Gasteiger partial charge in [-0.05, 0) is 35.7 Å². The number of hydrogen-bond donors (Lipinski definition) is 2. The largest absolute Gasteiger partial charge is 0.492 e. The summed E-state index contributed by atoms with van der Waals surface area (Å²) in [4.78, 5) is 25.0. The average molecular weight is 457 g/mol. The summed E-state index contributed by atoms with van der Waals surface area (Å²) in [5, 5.41) is 0.939. The lowest BCUT2D eigenvalue weighted by molar-refractivity contribution is -0.129. The quantitative estimate of drug-likeness (QED) is 0.364. The zero-order chi connectivity index (χ0) is 22.1. The number of carbonyl (C=O) groups is 2. The number of nitrogens with one attached hydrogen (secondary N) is 2. The minimum atomic E-state index is -0.530. The van der Waals surface area contributed by atoms with Gasteiger partial charge in [-0.15, -0.1) is 0 Å². The lowest BCUT2D eigenvalue weighted by Crippen LogP contribution is -2.44. The van der Waals surface area contributed by atoms with Crippen molar-refractivity contribution in [1.82, 2.24) is 10.9 Å². The number of ether oxygens (including phenoxy) is 1. The molecule has 0 aliphatic heterocycles. The second-order valence-electron chi connectivity index (χ2n) is 6.82. The molecule has 5 nitrogen and oxygen atoms in total. The van der Waals surface area contributed by atoms with E-state index in [1.54, 1.807) is 18.2 Å². The van der Waals surface area contributed by atoms with Gasteiger partial charge in [0.15, 0.2) is 0 Å². The van der Waals surface area contributed by atoms with Crippen molar-refractivity contribution < 1.29 is 14.3 Å². The summed E-state index contributed by atoms with van der Waals surface area (Å²) in [5.74, 6) is -0.639. The molecule has 0 atom stereocenters. The second kappa shape index (κ2) is 11.4. The molecule has 3 aromatic rings. The van der Waals surface area contributed by atoms with E-state index in [1.165, 1.54) is 0 Å². The van der Waals surface area contributed by atoms with Crippen LogP contribution >= 0.6 is 23.2 Å². The molecule has 0 fully saturated rings. The molecule has 3 rings (SSSR count). The van der Waals surface area contributed by atoms with Gasteiger partial charge in [0.25, 0.3) is 0 Å². The summed E-state index contributed by atoms with van der Waals surface area (Å²) in [6, 6.07) is 23.8. The molecule has 0 aromatic heterocycles. The molecule has 2 N–H and O–H groups in total. The fourth-order valence-corrected chi connectivity index (χ4v) is 3.52. The first kappa shape index (κ1) is 22.7. The number of halogens is 2. The van der Waals surface area contributed by atoms with E-state index in [4.69, 9.17) is 27.9 Å². The molecule has 0 heterocycles. The summed E-state index contributed by atoms with van der Waals surface area (Å²) < 4.78 is 5.56. The van der Waals surface area contributed by atoms with Crippen LogP contribution in [0.25, 0.3) is 0 Å². The van der Waals surface area contributed by atoms with Crippen molar-refractivity contribution >= 4 is 35.0 Å². The van der Waals surface area contributed by atoms with Crippen molar-refractivity contribution in [3.63, 3.8) is 0 Å². The number of hydrazine groups is 1. The molecular formula is C24H22Cl2N2O3. The van der Waals surface area contributed by atoms with Crippen molar-refractivity contribution in [3.8, 4) is 5.75 Å². The van der Waals surface area contributed by atoms with E-state index >= 15 is 0 Å². The van der Waals surface area contributed by atoms with Gasteiger partial charge in [-0.2, -0.15) is 0 Å². The van der Waals surface area contributed by atoms with Gasteiger partial charge in [0, 0.05) is 11.4 Å². The Labute approximate surface area is 191 Å². The van der Waals surface area contributed by atoms with Crippen LogP contribution < -0.4 is 15.6 Å². The van der Waals surface area contributed by atoms with Crippen LogP contribution in [-0.4, -0.2) is 18.4 Å². The molecule has 3 aromatic carbocycles. The molecule has 0 spiro atoms. The predicted octanol–water partition coefficient (Wildman–Crippen LogP) is 5.13. The van der Waals surface area contributed by atoms with Crippen molar-refractivity contribution in [1.29, 1.82) is 0 Å². The smallest absolute Gasteiger partial charge is 0.250 e. The van der Waals surface area contributed by atoms with E-state index in [0.29, 0.717) is 28.8 Å². The zero-order valence-electron chi connectivity index (χ0n) is 16.7. The Bertz CT molecular complexity index is 974. The molecule has 7 heteroatoms. The molecule has 0 unspecified atom stereocenters. The summed E-state index contributed by atoms with van der Waals surface area (Å²) in [5.41, 5.74) is 6.70. The lowest BCUT2D eigenvalue weighted by Gasteiger charge is -2.18. The molecule has 0 bridgehead atoms. The fourth-order valence-electron chi connectivity index (χ4n) is 3.06. The highest BCUT2D eigenvalue weighted by Crippen LogP contribution is 2.27. The van der Waals surface area contributed by atoms with E-state index in [9.17, 15) is 9.59 Å². The minimum Gasteiger partial charge on any atom is -0.492 e. The van der Waals surface area contributed by atoms with Crippen LogP contribution in [0.5, 0.6) is 5.75 Å². The first-order chi connectivity index (χ1) is 15.0. The molecule has 160 valence electrons. The Kier molecular flexibility index (Phi) is 8.33. The van der Waals surface area contributed by atoms with Gasteiger partial charge >= 0.3 is 0 Å². The molecule has 2 amide bonds. The number of rotatable bonds is 8. The summed E-state index contributed by atoms with van der Waals surface area (Å²) >= 11 is 11.9. The SMILES string of the molecule is O=C(CCCOc1ccc(Cl)cc1Cl)NNC(=O)C(c1ccccc1)c1ccccc1. The first-order valence-corrected chi connectivity index (χ1v) is 10.6. The Morgan fingerprint density at radius 1 is 0.839 bits per heavy atom. The number of hydrogen-bond acceptors (Lipinski definition) is 3. The Morgan fingerprint density at radius 3 is 2.03 bits per heavy atom. The van der Waals surface area contributed by atoms with Crippen LogP contribution in [0, 0.1) is 0 Å². The highest BCUT2D eigenvalue weighted by molar-refractivity contribution is 6.35. The monoisotopic (exact) mass is 456 g/mol. The van der Waals surface area contributed by atoms with Crippen LogP contribution in [0.2, 0.25) is 10.0 Å². The van der Waals surface area contributed by atoms with E-state index in [1.807, 2.05) is 60.7 Å². The highest BCUT2D eigenvalue weighted by Gasteiger charge is 2.22. The third-order valence-electron chi connectivity index (χ3n) is 4.55. The standard InChI is InChI=1S/C24H22Cl2N2O3/c25-19-13-14-21(20(26)16-19)31-15-7-12-22(29)27-28-24(30)23(17-8-3-1-4-9-17)18-10-5-2-6-11-18/h1-6,8-11,13-14,16,23H,7,12,15H2,(H,27,29)(H,28,30). The van der Waals surface area contributed by atoms with Gasteiger partial charge in [-0.25, -0.2) is 0 Å². The van der Waals surface area contributed by atoms with Crippen molar-refractivity contribution in [3.05, 3.63) is 100 Å². The molecule has 0 radical (unpaired) electrons. The Hall–Kier alpha value is -3.02. The Morgan fingerprint density at radius 2 is 1.45 bits per heavy atom. The Balaban J connectivity index is 1.49. The first-order valence-electron chi connectivity index (χ1n) is 9.81. The number of carbonyl (C=O) groups excluding carboxylic acids is 2. The normalized spacial score (nSPS) is 10.5. The second-order valence-corrected chi connectivity index (χ2v) is 7.66. The maximum absolute atomic E-state index is 12.9. The van der Waals surface area contributed by atoms with E-state index in [2.05, 4.69) is 10.9 Å².